The van der Waals surface area contributed by atoms with Gasteiger partial charge in [-0.15, -0.1) is 0 Å². The number of sulfonamides is 1. The van der Waals surface area contributed by atoms with Crippen LogP contribution in [0.15, 0.2) is 32.4 Å². The SMILES string of the molecule is O=C(O)c1cc(S(=O)(=O)Nc2cc(Cl)ncn2)c(Br)o1. The van der Waals surface area contributed by atoms with Crippen molar-refractivity contribution in [1.29, 1.82) is 0 Å². The molecule has 0 radical (unpaired) electrons. The molecule has 106 valence electrons. The molecule has 0 bridgehead atoms. The van der Waals surface area contributed by atoms with Crippen LogP contribution in [0.4, 0.5) is 5.82 Å². The molecule has 0 aliphatic carbocycles. The van der Waals surface area contributed by atoms with Crippen molar-refractivity contribution in [2.24, 2.45) is 0 Å². The zero-order valence-corrected chi connectivity index (χ0v) is 12.5. The fraction of sp³-hybridized carbons (Fsp3) is 0. The van der Waals surface area contributed by atoms with Crippen LogP contribution in [0.25, 0.3) is 0 Å². The van der Waals surface area contributed by atoms with Gasteiger partial charge in [0.2, 0.25) is 5.76 Å². The number of halogens is 2. The lowest BCUT2D eigenvalue weighted by atomic mass is 10.5. The Hall–Kier alpha value is -1.65. The molecule has 20 heavy (non-hydrogen) atoms. The molecule has 0 unspecified atom stereocenters. The molecule has 0 aliphatic rings. The van der Waals surface area contributed by atoms with Gasteiger partial charge in [0.25, 0.3) is 10.0 Å². The molecular formula is C9H5BrClN3O5S. The second-order valence-electron chi connectivity index (χ2n) is 3.39. The summed E-state index contributed by atoms with van der Waals surface area (Å²) in [5, 5.41) is 8.80. The van der Waals surface area contributed by atoms with Crippen molar-refractivity contribution in [3.05, 3.63) is 34.0 Å². The average Bonchev–Trinajstić information content (AvgIpc) is 2.71. The van der Waals surface area contributed by atoms with Crippen LogP contribution < -0.4 is 4.72 Å². The van der Waals surface area contributed by atoms with E-state index < -0.39 is 21.8 Å². The molecule has 0 aromatic carbocycles. The lowest BCUT2D eigenvalue weighted by Gasteiger charge is -2.05. The summed E-state index contributed by atoms with van der Waals surface area (Å²) in [5.74, 6) is -1.97. The zero-order chi connectivity index (χ0) is 14.9. The van der Waals surface area contributed by atoms with Crippen molar-refractivity contribution in [1.82, 2.24) is 9.97 Å². The highest BCUT2D eigenvalue weighted by atomic mass is 79.9. The molecule has 0 aliphatic heterocycles. The Kier molecular flexibility index (Phi) is 3.97. The van der Waals surface area contributed by atoms with E-state index in [0.29, 0.717) is 0 Å². The number of aromatic carboxylic acids is 1. The number of hydrogen-bond acceptors (Lipinski definition) is 6. The zero-order valence-electron chi connectivity index (χ0n) is 9.37. The van der Waals surface area contributed by atoms with Crippen molar-refractivity contribution in [3.63, 3.8) is 0 Å². The highest BCUT2D eigenvalue weighted by Gasteiger charge is 2.25. The first-order chi connectivity index (χ1) is 9.29. The standard InChI is InChI=1S/C9H5BrClN3O5S/c10-8-5(1-4(19-8)9(15)16)20(17,18)14-7-2-6(11)12-3-13-7/h1-3H,(H,15,16)(H,12,13,14). The third-order valence-electron chi connectivity index (χ3n) is 2.03. The van der Waals surface area contributed by atoms with E-state index in [1.54, 1.807) is 0 Å². The fourth-order valence-corrected chi connectivity index (χ4v) is 3.31. The fourth-order valence-electron chi connectivity index (χ4n) is 1.22. The molecule has 0 saturated carbocycles. The number of nitrogens with zero attached hydrogens (tertiary/aromatic N) is 2. The summed E-state index contributed by atoms with van der Waals surface area (Å²) >= 11 is 8.45. The molecule has 2 rings (SSSR count). The Labute approximate surface area is 126 Å². The van der Waals surface area contributed by atoms with Crippen molar-refractivity contribution >= 4 is 49.3 Å². The summed E-state index contributed by atoms with van der Waals surface area (Å²) in [6, 6.07) is 2.07. The van der Waals surface area contributed by atoms with Crippen LogP contribution in [0.3, 0.4) is 0 Å². The van der Waals surface area contributed by atoms with E-state index in [-0.39, 0.29) is 20.5 Å². The highest BCUT2D eigenvalue weighted by Crippen LogP contribution is 2.27. The lowest BCUT2D eigenvalue weighted by molar-refractivity contribution is 0.0661. The van der Waals surface area contributed by atoms with Gasteiger partial charge in [0.05, 0.1) is 0 Å². The number of furan rings is 1. The molecule has 2 aromatic heterocycles. The number of nitrogens with one attached hydrogen (secondary N) is 1. The number of carboxylic acids is 1. The topological polar surface area (TPSA) is 122 Å². The normalized spacial score (nSPS) is 11.3. The number of hydrogen-bond donors (Lipinski definition) is 2. The molecule has 11 heteroatoms. The monoisotopic (exact) mass is 381 g/mol. The molecule has 2 heterocycles. The Bertz CT molecular complexity index is 776. The Morgan fingerprint density at radius 1 is 1.40 bits per heavy atom. The summed E-state index contributed by atoms with van der Waals surface area (Å²) in [5.41, 5.74) is 0. The first kappa shape index (κ1) is 14.8. The minimum atomic E-state index is -4.08. The third-order valence-corrected chi connectivity index (χ3v) is 4.45. The minimum Gasteiger partial charge on any atom is -0.475 e. The van der Waals surface area contributed by atoms with Crippen LogP contribution in [-0.2, 0) is 10.0 Å². The Morgan fingerprint density at radius 3 is 2.65 bits per heavy atom. The molecule has 2 N–H and O–H groups in total. The maximum atomic E-state index is 12.1. The largest absolute Gasteiger partial charge is 0.475 e. The van der Waals surface area contributed by atoms with Gasteiger partial charge in [-0.05, 0) is 15.9 Å². The number of carbonyl (C=O) groups is 1. The van der Waals surface area contributed by atoms with Gasteiger partial charge in [0.15, 0.2) is 4.67 Å². The first-order valence-electron chi connectivity index (χ1n) is 4.82. The quantitative estimate of drug-likeness (QED) is 0.775. The van der Waals surface area contributed by atoms with Crippen molar-refractivity contribution in [3.8, 4) is 0 Å². The molecule has 2 aromatic rings. The smallest absolute Gasteiger partial charge is 0.371 e. The van der Waals surface area contributed by atoms with Crippen LogP contribution in [0, 0.1) is 0 Å². The molecular weight excluding hydrogens is 378 g/mol. The van der Waals surface area contributed by atoms with Crippen molar-refractivity contribution in [2.75, 3.05) is 4.72 Å². The molecule has 8 nitrogen and oxygen atoms in total. The summed E-state index contributed by atoms with van der Waals surface area (Å²) in [4.78, 5) is 17.6. The molecule has 0 atom stereocenters. The van der Waals surface area contributed by atoms with Gasteiger partial charge in [-0.3, -0.25) is 4.72 Å². The Balaban J connectivity index is 2.38. The highest BCUT2D eigenvalue weighted by molar-refractivity contribution is 9.10. The molecule has 0 amide bonds. The summed E-state index contributed by atoms with van der Waals surface area (Å²) in [6.45, 7) is 0. The predicted molar refractivity (Wildman–Crippen MR) is 71.2 cm³/mol. The number of carboxylic acid groups (broad SMARTS) is 1. The van der Waals surface area contributed by atoms with E-state index in [2.05, 4.69) is 30.6 Å². The van der Waals surface area contributed by atoms with E-state index >= 15 is 0 Å². The third kappa shape index (κ3) is 3.08. The van der Waals surface area contributed by atoms with Gasteiger partial charge in [-0.25, -0.2) is 23.2 Å². The van der Waals surface area contributed by atoms with Crippen LogP contribution in [-0.4, -0.2) is 29.5 Å². The lowest BCUT2D eigenvalue weighted by Crippen LogP contribution is -2.13. The van der Waals surface area contributed by atoms with E-state index in [4.69, 9.17) is 21.1 Å². The van der Waals surface area contributed by atoms with Gasteiger partial charge in [-0.1, -0.05) is 11.6 Å². The summed E-state index contributed by atoms with van der Waals surface area (Å²) in [7, 11) is -4.08. The second-order valence-corrected chi connectivity index (χ2v) is 6.14. The van der Waals surface area contributed by atoms with E-state index in [0.717, 1.165) is 12.4 Å². The number of rotatable bonds is 4. The van der Waals surface area contributed by atoms with Gasteiger partial charge in [0, 0.05) is 12.1 Å². The van der Waals surface area contributed by atoms with Crippen LogP contribution >= 0.6 is 27.5 Å². The van der Waals surface area contributed by atoms with Gasteiger partial charge in [-0.2, -0.15) is 0 Å². The van der Waals surface area contributed by atoms with Crippen LogP contribution in [0.5, 0.6) is 0 Å². The van der Waals surface area contributed by atoms with Gasteiger partial charge in [0.1, 0.15) is 22.2 Å². The van der Waals surface area contributed by atoms with E-state index in [1.165, 1.54) is 6.07 Å². The van der Waals surface area contributed by atoms with Gasteiger partial charge >= 0.3 is 5.97 Å². The van der Waals surface area contributed by atoms with Crippen LogP contribution in [0.1, 0.15) is 10.6 Å². The second kappa shape index (κ2) is 5.38. The molecule has 0 fully saturated rings. The number of anilines is 1. The number of aromatic nitrogens is 2. The minimum absolute atomic E-state index is 0.0511. The average molecular weight is 383 g/mol. The van der Waals surface area contributed by atoms with E-state index in [9.17, 15) is 13.2 Å². The maximum absolute atomic E-state index is 12.1. The summed E-state index contributed by atoms with van der Waals surface area (Å²) < 4.78 is 30.8. The Morgan fingerprint density at radius 2 is 2.10 bits per heavy atom. The van der Waals surface area contributed by atoms with Crippen LogP contribution in [0.2, 0.25) is 5.15 Å². The van der Waals surface area contributed by atoms with Gasteiger partial charge < -0.3 is 9.52 Å². The maximum Gasteiger partial charge on any atom is 0.371 e. The molecule has 0 saturated heterocycles. The van der Waals surface area contributed by atoms with Crippen molar-refractivity contribution in [2.45, 2.75) is 4.90 Å². The molecule has 0 spiro atoms. The van der Waals surface area contributed by atoms with Crippen molar-refractivity contribution < 1.29 is 22.7 Å². The first-order valence-corrected chi connectivity index (χ1v) is 7.48. The summed E-state index contributed by atoms with van der Waals surface area (Å²) in [6.07, 6.45) is 1.08. The predicted octanol–water partition coefficient (Wildman–Crippen LogP) is 1.98. The van der Waals surface area contributed by atoms with E-state index in [1.807, 2.05) is 0 Å².